The van der Waals surface area contributed by atoms with E-state index in [0.29, 0.717) is 23.8 Å². The second kappa shape index (κ2) is 5.61. The second-order valence-electron chi connectivity index (χ2n) is 4.17. The molecule has 0 fully saturated rings. The molecule has 0 unspecified atom stereocenters. The molecule has 4 heteroatoms. The van der Waals surface area contributed by atoms with E-state index in [1.54, 1.807) is 30.3 Å². The first-order valence-corrected chi connectivity index (χ1v) is 6.06. The summed E-state index contributed by atoms with van der Waals surface area (Å²) >= 11 is 0. The van der Waals surface area contributed by atoms with Gasteiger partial charge in [0.25, 0.3) is 0 Å². The van der Waals surface area contributed by atoms with E-state index in [0.717, 1.165) is 5.56 Å². The molecule has 0 saturated carbocycles. The third-order valence-corrected chi connectivity index (χ3v) is 2.60. The van der Waals surface area contributed by atoms with Gasteiger partial charge < -0.3 is 15.2 Å². The molecule has 0 aliphatic carbocycles. The molecule has 2 aromatic carbocycles. The van der Waals surface area contributed by atoms with Gasteiger partial charge in [0.05, 0.1) is 12.3 Å². The lowest BCUT2D eigenvalue weighted by molar-refractivity contribution is 0.339. The van der Waals surface area contributed by atoms with Crippen molar-refractivity contribution in [3.8, 4) is 17.2 Å². The molecule has 0 radical (unpaired) electrons. The first-order chi connectivity index (χ1) is 9.10. The van der Waals surface area contributed by atoms with Gasteiger partial charge in [0, 0.05) is 6.07 Å². The molecule has 2 rings (SSSR count). The summed E-state index contributed by atoms with van der Waals surface area (Å²) in [6.07, 6.45) is 0. The quantitative estimate of drug-likeness (QED) is 0.849. The van der Waals surface area contributed by atoms with Crippen LogP contribution in [0.5, 0.6) is 17.2 Å². The van der Waals surface area contributed by atoms with Crippen molar-refractivity contribution in [3.05, 3.63) is 47.8 Å². The molecule has 19 heavy (non-hydrogen) atoms. The van der Waals surface area contributed by atoms with Crippen molar-refractivity contribution < 1.29 is 13.9 Å². The predicted molar refractivity (Wildman–Crippen MR) is 73.2 cm³/mol. The minimum Gasteiger partial charge on any atom is -0.492 e. The summed E-state index contributed by atoms with van der Waals surface area (Å²) in [7, 11) is 0. The summed E-state index contributed by atoms with van der Waals surface area (Å²) < 4.78 is 24.5. The maximum absolute atomic E-state index is 13.6. The van der Waals surface area contributed by atoms with Crippen molar-refractivity contribution in [2.45, 2.75) is 13.8 Å². The zero-order chi connectivity index (χ0) is 13.8. The van der Waals surface area contributed by atoms with Gasteiger partial charge in [-0.1, -0.05) is 6.07 Å². The molecule has 0 heterocycles. The Morgan fingerprint density at radius 3 is 2.63 bits per heavy atom. The van der Waals surface area contributed by atoms with Crippen LogP contribution >= 0.6 is 0 Å². The topological polar surface area (TPSA) is 44.5 Å². The van der Waals surface area contributed by atoms with Crippen LogP contribution in [0.4, 0.5) is 10.1 Å². The van der Waals surface area contributed by atoms with Crippen LogP contribution < -0.4 is 15.2 Å². The summed E-state index contributed by atoms with van der Waals surface area (Å²) in [5, 5.41) is 0. The lowest BCUT2D eigenvalue weighted by Gasteiger charge is -2.11. The molecule has 0 saturated heterocycles. The van der Waals surface area contributed by atoms with Crippen LogP contribution in [-0.2, 0) is 0 Å². The summed E-state index contributed by atoms with van der Waals surface area (Å²) in [6, 6.07) is 9.72. The van der Waals surface area contributed by atoms with Crippen molar-refractivity contribution in [2.24, 2.45) is 0 Å². The fraction of sp³-hybridized carbons (Fsp3) is 0.200. The molecular weight excluding hydrogens is 245 g/mol. The maximum atomic E-state index is 13.6. The van der Waals surface area contributed by atoms with E-state index in [1.807, 2.05) is 13.8 Å². The molecule has 0 bridgehead atoms. The van der Waals surface area contributed by atoms with Gasteiger partial charge in [-0.25, -0.2) is 4.39 Å². The number of hydrogen-bond donors (Lipinski definition) is 1. The largest absolute Gasteiger partial charge is 0.492 e. The van der Waals surface area contributed by atoms with Crippen molar-refractivity contribution in [1.29, 1.82) is 0 Å². The summed E-state index contributed by atoms with van der Waals surface area (Å²) in [4.78, 5) is 0. The second-order valence-corrected chi connectivity index (χ2v) is 4.17. The molecule has 3 nitrogen and oxygen atoms in total. The number of ether oxygens (including phenoxy) is 2. The average molecular weight is 261 g/mol. The zero-order valence-electron chi connectivity index (χ0n) is 10.9. The Morgan fingerprint density at radius 1 is 1.11 bits per heavy atom. The maximum Gasteiger partial charge on any atom is 0.165 e. The fourth-order valence-electron chi connectivity index (χ4n) is 1.67. The van der Waals surface area contributed by atoms with E-state index in [2.05, 4.69) is 0 Å². The minimum absolute atomic E-state index is 0.187. The van der Waals surface area contributed by atoms with Gasteiger partial charge in [-0.15, -0.1) is 0 Å². The van der Waals surface area contributed by atoms with E-state index >= 15 is 0 Å². The van der Waals surface area contributed by atoms with Crippen molar-refractivity contribution in [2.75, 3.05) is 12.3 Å². The summed E-state index contributed by atoms with van der Waals surface area (Å²) in [6.45, 7) is 4.25. The lowest BCUT2D eigenvalue weighted by Crippen LogP contribution is -1.97. The number of nitrogen functional groups attached to an aromatic ring is 1. The van der Waals surface area contributed by atoms with Crippen LogP contribution in [0.1, 0.15) is 12.5 Å². The Kier molecular flexibility index (Phi) is 3.90. The third kappa shape index (κ3) is 3.16. The van der Waals surface area contributed by atoms with Crippen LogP contribution in [-0.4, -0.2) is 6.61 Å². The first-order valence-electron chi connectivity index (χ1n) is 6.06. The lowest BCUT2D eigenvalue weighted by atomic mass is 10.2. The third-order valence-electron chi connectivity index (χ3n) is 2.60. The number of rotatable bonds is 4. The van der Waals surface area contributed by atoms with Gasteiger partial charge in [0.2, 0.25) is 0 Å². The van der Waals surface area contributed by atoms with E-state index in [1.165, 1.54) is 6.07 Å². The molecule has 0 atom stereocenters. The first kappa shape index (κ1) is 13.2. The highest BCUT2D eigenvalue weighted by Crippen LogP contribution is 2.31. The SMILES string of the molecule is CCOc1cc(Oc2cc(C)ccc2F)ccc1N. The highest BCUT2D eigenvalue weighted by molar-refractivity contribution is 5.56. The molecule has 2 N–H and O–H groups in total. The molecule has 100 valence electrons. The number of nitrogens with two attached hydrogens (primary N) is 1. The molecule has 2 aromatic rings. The van der Waals surface area contributed by atoms with E-state index < -0.39 is 5.82 Å². The van der Waals surface area contributed by atoms with Gasteiger partial charge in [-0.05, 0) is 43.7 Å². The Bertz CT molecular complexity index is 584. The van der Waals surface area contributed by atoms with E-state index in [-0.39, 0.29) is 5.75 Å². The number of benzene rings is 2. The van der Waals surface area contributed by atoms with Gasteiger partial charge in [-0.3, -0.25) is 0 Å². The number of halogens is 1. The van der Waals surface area contributed by atoms with Crippen LogP contribution in [0.3, 0.4) is 0 Å². The van der Waals surface area contributed by atoms with Gasteiger partial charge in [-0.2, -0.15) is 0 Å². The molecular formula is C15H16FNO2. The Morgan fingerprint density at radius 2 is 1.89 bits per heavy atom. The molecule has 0 aromatic heterocycles. The Balaban J connectivity index is 2.28. The molecule has 0 aliphatic rings. The van der Waals surface area contributed by atoms with Crippen molar-refractivity contribution in [3.63, 3.8) is 0 Å². The molecule has 0 aliphatic heterocycles. The normalized spacial score (nSPS) is 10.3. The van der Waals surface area contributed by atoms with Crippen LogP contribution in [0.15, 0.2) is 36.4 Å². The van der Waals surface area contributed by atoms with Crippen LogP contribution in [0, 0.1) is 12.7 Å². The standard InChI is InChI=1S/C15H16FNO2/c1-3-18-15-9-11(5-7-13(15)17)19-14-8-10(2)4-6-12(14)16/h4-9H,3,17H2,1-2H3. The highest BCUT2D eigenvalue weighted by Gasteiger charge is 2.07. The van der Waals surface area contributed by atoms with Gasteiger partial charge in [0.15, 0.2) is 11.6 Å². The summed E-state index contributed by atoms with van der Waals surface area (Å²) in [5.74, 6) is 0.808. The molecule has 0 spiro atoms. The predicted octanol–water partition coefficient (Wildman–Crippen LogP) is 3.91. The Hall–Kier alpha value is -2.23. The van der Waals surface area contributed by atoms with Crippen molar-refractivity contribution in [1.82, 2.24) is 0 Å². The van der Waals surface area contributed by atoms with Crippen LogP contribution in [0.2, 0.25) is 0 Å². The minimum atomic E-state index is -0.402. The van der Waals surface area contributed by atoms with Crippen LogP contribution in [0.25, 0.3) is 0 Å². The number of hydrogen-bond acceptors (Lipinski definition) is 3. The zero-order valence-corrected chi connectivity index (χ0v) is 10.9. The number of anilines is 1. The monoisotopic (exact) mass is 261 g/mol. The molecule has 0 amide bonds. The van der Waals surface area contributed by atoms with E-state index in [9.17, 15) is 4.39 Å². The highest BCUT2D eigenvalue weighted by atomic mass is 19.1. The van der Waals surface area contributed by atoms with Crippen molar-refractivity contribution >= 4 is 5.69 Å². The Labute approximate surface area is 111 Å². The van der Waals surface area contributed by atoms with Gasteiger partial charge >= 0.3 is 0 Å². The van der Waals surface area contributed by atoms with Gasteiger partial charge in [0.1, 0.15) is 11.5 Å². The number of aryl methyl sites for hydroxylation is 1. The smallest absolute Gasteiger partial charge is 0.165 e. The summed E-state index contributed by atoms with van der Waals surface area (Å²) in [5.41, 5.74) is 7.22. The van der Waals surface area contributed by atoms with E-state index in [4.69, 9.17) is 15.2 Å². The fourth-order valence-corrected chi connectivity index (χ4v) is 1.67. The average Bonchev–Trinajstić information content (AvgIpc) is 2.38.